The largest absolute Gasteiger partial charge is 0.468 e. The molecule has 1 heterocycles. The second-order valence-electron chi connectivity index (χ2n) is 4.89. The minimum absolute atomic E-state index is 0.0644. The zero-order valence-electron chi connectivity index (χ0n) is 12.7. The first kappa shape index (κ1) is 16.5. The molecule has 5 nitrogen and oxygen atoms in total. The Balaban J connectivity index is 2.19. The molecule has 2 aromatic carbocycles. The number of fused-ring (bicyclic) bond motifs is 1. The maximum absolute atomic E-state index is 12.9. The van der Waals surface area contributed by atoms with E-state index in [-0.39, 0.29) is 17.3 Å². The van der Waals surface area contributed by atoms with Crippen LogP contribution in [0.4, 0.5) is 0 Å². The monoisotopic (exact) mass is 360 g/mol. The fourth-order valence-corrected chi connectivity index (χ4v) is 3.18. The summed E-state index contributed by atoms with van der Waals surface area (Å²) in [5.41, 5.74) is 1.02. The molecule has 1 aromatic heterocycles. The van der Waals surface area contributed by atoms with Crippen molar-refractivity contribution in [3.63, 3.8) is 0 Å². The molecule has 0 atom stereocenters. The summed E-state index contributed by atoms with van der Waals surface area (Å²) in [6, 6.07) is 14.0. The number of aromatic nitrogens is 2. The molecule has 0 amide bonds. The maximum atomic E-state index is 12.9. The zero-order chi connectivity index (χ0) is 17.1. The van der Waals surface area contributed by atoms with Gasteiger partial charge in [-0.05, 0) is 36.4 Å². The Hall–Kier alpha value is -2.31. The molecule has 0 unspecified atom stereocenters. The van der Waals surface area contributed by atoms with Gasteiger partial charge in [-0.25, -0.2) is 4.98 Å². The van der Waals surface area contributed by atoms with E-state index in [1.54, 1.807) is 42.5 Å². The van der Waals surface area contributed by atoms with E-state index >= 15 is 0 Å². The van der Waals surface area contributed by atoms with Gasteiger partial charge >= 0.3 is 5.97 Å². The summed E-state index contributed by atoms with van der Waals surface area (Å²) < 4.78 is 6.14. The molecule has 0 bridgehead atoms. The lowest BCUT2D eigenvalue weighted by atomic mass is 10.2. The molecule has 122 valence electrons. The lowest BCUT2D eigenvalue weighted by molar-refractivity contribution is -0.137. The molecule has 0 radical (unpaired) electrons. The smallest absolute Gasteiger partial charge is 0.316 e. The molecule has 0 saturated heterocycles. The molecular weight excluding hydrogens is 348 g/mol. The number of esters is 1. The van der Waals surface area contributed by atoms with Crippen LogP contribution in [0, 0.1) is 0 Å². The van der Waals surface area contributed by atoms with Crippen molar-refractivity contribution in [2.24, 2.45) is 0 Å². The van der Waals surface area contributed by atoms with Gasteiger partial charge in [-0.1, -0.05) is 35.5 Å². The van der Waals surface area contributed by atoms with Crippen molar-refractivity contribution >= 4 is 40.2 Å². The topological polar surface area (TPSA) is 61.2 Å². The minimum Gasteiger partial charge on any atom is -0.468 e. The fraction of sp³-hybridized carbons (Fsp3) is 0.118. The van der Waals surface area contributed by atoms with Gasteiger partial charge in [0.2, 0.25) is 0 Å². The predicted molar refractivity (Wildman–Crippen MR) is 95.1 cm³/mol. The number of para-hydroxylation sites is 1. The van der Waals surface area contributed by atoms with Crippen molar-refractivity contribution in [2.45, 2.75) is 5.16 Å². The van der Waals surface area contributed by atoms with Crippen LogP contribution in [-0.4, -0.2) is 28.4 Å². The van der Waals surface area contributed by atoms with E-state index in [1.807, 2.05) is 6.07 Å². The molecule has 3 aromatic rings. The molecule has 0 aliphatic rings. The number of rotatable bonds is 4. The standard InChI is InChI=1S/C17H13ClN2O3S/c1-23-15(21)10-24-17-19-14-5-3-2-4-13(14)16(22)20(17)12-8-6-11(18)7-9-12/h2-9H,10H2,1H3. The van der Waals surface area contributed by atoms with Crippen LogP contribution >= 0.6 is 23.4 Å². The second-order valence-corrected chi connectivity index (χ2v) is 6.27. The third kappa shape index (κ3) is 3.29. The van der Waals surface area contributed by atoms with Crippen LogP contribution in [0.25, 0.3) is 16.6 Å². The first-order valence-corrected chi connectivity index (χ1v) is 8.44. The normalized spacial score (nSPS) is 10.8. The highest BCUT2D eigenvalue weighted by Crippen LogP contribution is 2.22. The van der Waals surface area contributed by atoms with Crippen LogP contribution in [-0.2, 0) is 9.53 Å². The van der Waals surface area contributed by atoms with Gasteiger partial charge in [0.25, 0.3) is 5.56 Å². The number of hydrogen-bond donors (Lipinski definition) is 0. The lowest BCUT2D eigenvalue weighted by Crippen LogP contribution is -2.22. The summed E-state index contributed by atoms with van der Waals surface area (Å²) in [4.78, 5) is 28.9. The summed E-state index contributed by atoms with van der Waals surface area (Å²) >= 11 is 7.08. The molecule has 0 saturated carbocycles. The van der Waals surface area contributed by atoms with E-state index in [1.165, 1.54) is 11.7 Å². The molecule has 0 aliphatic carbocycles. The molecule has 0 fully saturated rings. The van der Waals surface area contributed by atoms with Crippen molar-refractivity contribution in [2.75, 3.05) is 12.9 Å². The quantitative estimate of drug-likeness (QED) is 0.406. The highest BCUT2D eigenvalue weighted by Gasteiger charge is 2.14. The highest BCUT2D eigenvalue weighted by molar-refractivity contribution is 7.99. The van der Waals surface area contributed by atoms with Crippen molar-refractivity contribution in [3.8, 4) is 5.69 Å². The third-order valence-electron chi connectivity index (χ3n) is 3.38. The van der Waals surface area contributed by atoms with Crippen LogP contribution < -0.4 is 5.56 Å². The summed E-state index contributed by atoms with van der Waals surface area (Å²) in [6.45, 7) is 0. The van der Waals surface area contributed by atoms with Gasteiger partial charge < -0.3 is 4.74 Å². The number of ether oxygens (including phenoxy) is 1. The average Bonchev–Trinajstić information content (AvgIpc) is 2.61. The Kier molecular flexibility index (Phi) is 4.87. The lowest BCUT2D eigenvalue weighted by Gasteiger charge is -2.13. The Morgan fingerprint density at radius 1 is 1.21 bits per heavy atom. The van der Waals surface area contributed by atoms with Crippen LogP contribution in [0.15, 0.2) is 58.5 Å². The number of thioether (sulfide) groups is 1. The summed E-state index contributed by atoms with van der Waals surface area (Å²) in [5, 5.41) is 1.51. The number of carbonyl (C=O) groups excluding carboxylic acids is 1. The van der Waals surface area contributed by atoms with E-state index in [0.29, 0.717) is 26.8 Å². The van der Waals surface area contributed by atoms with Crippen molar-refractivity contribution in [1.29, 1.82) is 0 Å². The zero-order valence-corrected chi connectivity index (χ0v) is 14.3. The molecule has 0 spiro atoms. The molecule has 7 heteroatoms. The van der Waals surface area contributed by atoms with Gasteiger partial charge in [-0.3, -0.25) is 14.2 Å². The van der Waals surface area contributed by atoms with Gasteiger partial charge in [-0.2, -0.15) is 0 Å². The average molecular weight is 361 g/mol. The van der Waals surface area contributed by atoms with Gasteiger partial charge in [0, 0.05) is 5.02 Å². The number of nitrogens with zero attached hydrogens (tertiary/aromatic N) is 2. The van der Waals surface area contributed by atoms with Crippen LogP contribution in [0.3, 0.4) is 0 Å². The van der Waals surface area contributed by atoms with Crippen LogP contribution in [0.5, 0.6) is 0 Å². The van der Waals surface area contributed by atoms with Crippen LogP contribution in [0.2, 0.25) is 5.02 Å². The maximum Gasteiger partial charge on any atom is 0.316 e. The van der Waals surface area contributed by atoms with E-state index in [4.69, 9.17) is 11.6 Å². The SMILES string of the molecule is COC(=O)CSc1nc2ccccc2c(=O)n1-c1ccc(Cl)cc1. The van der Waals surface area contributed by atoms with E-state index in [9.17, 15) is 9.59 Å². The Morgan fingerprint density at radius 2 is 1.92 bits per heavy atom. The second kappa shape index (κ2) is 7.07. The first-order chi connectivity index (χ1) is 11.6. The van der Waals surface area contributed by atoms with Crippen LogP contribution in [0.1, 0.15) is 0 Å². The van der Waals surface area contributed by atoms with E-state index in [0.717, 1.165) is 11.8 Å². The number of carbonyl (C=O) groups is 1. The molecule has 24 heavy (non-hydrogen) atoms. The molecule has 3 rings (SSSR count). The van der Waals surface area contributed by atoms with Crippen molar-refractivity contribution < 1.29 is 9.53 Å². The first-order valence-electron chi connectivity index (χ1n) is 7.07. The summed E-state index contributed by atoms with van der Waals surface area (Å²) in [6.07, 6.45) is 0. The fourth-order valence-electron chi connectivity index (χ4n) is 2.21. The van der Waals surface area contributed by atoms with Gasteiger partial charge in [-0.15, -0.1) is 0 Å². The summed E-state index contributed by atoms with van der Waals surface area (Å²) in [5.74, 6) is -0.320. The highest BCUT2D eigenvalue weighted by atomic mass is 35.5. The Morgan fingerprint density at radius 3 is 2.62 bits per heavy atom. The number of benzene rings is 2. The van der Waals surface area contributed by atoms with E-state index in [2.05, 4.69) is 9.72 Å². The Labute approximate surface area is 147 Å². The van der Waals surface area contributed by atoms with Gasteiger partial charge in [0.15, 0.2) is 5.16 Å². The third-order valence-corrected chi connectivity index (χ3v) is 4.54. The molecular formula is C17H13ClN2O3S. The molecule has 0 aliphatic heterocycles. The number of halogens is 1. The van der Waals surface area contributed by atoms with Crippen molar-refractivity contribution in [3.05, 3.63) is 63.9 Å². The van der Waals surface area contributed by atoms with Crippen molar-refractivity contribution in [1.82, 2.24) is 9.55 Å². The number of hydrogen-bond acceptors (Lipinski definition) is 5. The number of methoxy groups -OCH3 is 1. The minimum atomic E-state index is -0.384. The van der Waals surface area contributed by atoms with E-state index < -0.39 is 0 Å². The Bertz CT molecular complexity index is 954. The summed E-state index contributed by atoms with van der Waals surface area (Å²) in [7, 11) is 1.32. The van der Waals surface area contributed by atoms with Gasteiger partial charge in [0.1, 0.15) is 0 Å². The predicted octanol–water partition coefficient (Wildman–Crippen LogP) is 3.30. The molecule has 0 N–H and O–H groups in total. The van der Waals surface area contributed by atoms with Gasteiger partial charge in [0.05, 0.1) is 29.5 Å².